The first kappa shape index (κ1) is 16.5. The Hall–Kier alpha value is -1.86. The number of aryl methyl sites for hydroxylation is 1. The molecule has 7 heteroatoms. The molecule has 0 spiro atoms. The maximum Gasteiger partial charge on any atom is 0.261 e. The summed E-state index contributed by atoms with van der Waals surface area (Å²) in [6, 6.07) is 8.44. The average Bonchev–Trinajstić information content (AvgIpc) is 2.85. The van der Waals surface area contributed by atoms with Gasteiger partial charge in [0.15, 0.2) is 0 Å². The highest BCUT2D eigenvalue weighted by atomic mass is 32.2. The molecule has 2 rings (SSSR count). The second-order valence-electron chi connectivity index (χ2n) is 4.90. The lowest BCUT2D eigenvalue weighted by molar-refractivity contribution is -0.117. The predicted octanol–water partition coefficient (Wildman–Crippen LogP) is 2.53. The molecule has 0 fully saturated rings. The van der Waals surface area contributed by atoms with E-state index in [1.165, 1.54) is 11.3 Å². The maximum atomic E-state index is 12.4. The van der Waals surface area contributed by atoms with Crippen LogP contribution in [0.4, 0.5) is 5.69 Å². The molecule has 3 N–H and O–H groups in total. The number of nitrogens with two attached hydrogens (primary N) is 1. The van der Waals surface area contributed by atoms with E-state index in [-0.39, 0.29) is 11.3 Å². The molecule has 1 heterocycles. The minimum atomic E-state index is -3.67. The number of primary amides is 1. The predicted molar refractivity (Wildman–Crippen MR) is 88.5 cm³/mol. The number of amides is 1. The Balaban J connectivity index is 2.20. The van der Waals surface area contributed by atoms with Crippen molar-refractivity contribution in [2.24, 2.45) is 5.73 Å². The first-order chi connectivity index (χ1) is 10.4. The number of carbonyl (C=O) groups excluding carboxylic acids is 1. The lowest BCUT2D eigenvalue weighted by Gasteiger charge is -2.09. The van der Waals surface area contributed by atoms with Gasteiger partial charge in [-0.25, -0.2) is 8.42 Å². The van der Waals surface area contributed by atoms with Crippen molar-refractivity contribution < 1.29 is 13.2 Å². The largest absolute Gasteiger partial charge is 0.369 e. The number of rotatable bonds is 7. The van der Waals surface area contributed by atoms with Crippen molar-refractivity contribution in [1.82, 2.24) is 0 Å². The fourth-order valence-corrected chi connectivity index (χ4v) is 4.05. The summed E-state index contributed by atoms with van der Waals surface area (Å²) < 4.78 is 27.3. The lowest BCUT2D eigenvalue weighted by Crippen LogP contribution is -2.16. The quantitative estimate of drug-likeness (QED) is 0.813. The number of benzene rings is 1. The van der Waals surface area contributed by atoms with Crippen molar-refractivity contribution in [1.29, 1.82) is 0 Å². The Morgan fingerprint density at radius 1 is 1.23 bits per heavy atom. The number of anilines is 1. The lowest BCUT2D eigenvalue weighted by atomic mass is 10.1. The van der Waals surface area contributed by atoms with Crippen LogP contribution in [0.25, 0.3) is 0 Å². The van der Waals surface area contributed by atoms with E-state index in [2.05, 4.69) is 11.6 Å². The van der Waals surface area contributed by atoms with Crippen molar-refractivity contribution in [2.45, 2.75) is 31.1 Å². The fraction of sp³-hybridized carbons (Fsp3) is 0.267. The second kappa shape index (κ2) is 6.93. The molecule has 0 unspecified atom stereocenters. The Morgan fingerprint density at radius 3 is 2.50 bits per heavy atom. The van der Waals surface area contributed by atoms with Crippen molar-refractivity contribution >= 4 is 33.0 Å². The van der Waals surface area contributed by atoms with Gasteiger partial charge in [-0.15, -0.1) is 11.3 Å². The molecule has 0 saturated carbocycles. The molecule has 0 aliphatic rings. The van der Waals surface area contributed by atoms with Crippen molar-refractivity contribution in [3.63, 3.8) is 0 Å². The van der Waals surface area contributed by atoms with Crippen LogP contribution >= 0.6 is 11.3 Å². The first-order valence-electron chi connectivity index (χ1n) is 6.89. The summed E-state index contributed by atoms with van der Waals surface area (Å²) in [4.78, 5) is 11.8. The van der Waals surface area contributed by atoms with E-state index in [4.69, 9.17) is 5.73 Å². The zero-order chi connectivity index (χ0) is 16.2. The molecule has 0 aliphatic heterocycles. The number of sulfonamides is 1. The van der Waals surface area contributed by atoms with Crippen LogP contribution < -0.4 is 10.5 Å². The molecule has 0 aliphatic carbocycles. The first-order valence-corrected chi connectivity index (χ1v) is 9.25. The number of thiophene rings is 1. The van der Waals surface area contributed by atoms with Crippen LogP contribution in [0, 0.1) is 0 Å². The second-order valence-corrected chi connectivity index (χ2v) is 7.58. The van der Waals surface area contributed by atoms with Gasteiger partial charge >= 0.3 is 0 Å². The molecule has 5 nitrogen and oxygen atoms in total. The molecule has 1 amide bonds. The summed E-state index contributed by atoms with van der Waals surface area (Å²) in [6.45, 7) is 2.07. The molecule has 0 saturated heterocycles. The Labute approximate surface area is 134 Å². The third-order valence-corrected chi connectivity index (χ3v) is 5.40. The SMILES string of the molecule is CCCc1ccc(S(=O)(=O)Nc2ccsc2CC(N)=O)cc1. The van der Waals surface area contributed by atoms with E-state index < -0.39 is 15.9 Å². The average molecular weight is 338 g/mol. The molecular weight excluding hydrogens is 320 g/mol. The summed E-state index contributed by atoms with van der Waals surface area (Å²) in [6.07, 6.45) is 1.95. The smallest absolute Gasteiger partial charge is 0.261 e. The van der Waals surface area contributed by atoms with Crippen LogP contribution in [0.3, 0.4) is 0 Å². The molecular formula is C15H18N2O3S2. The van der Waals surface area contributed by atoms with E-state index in [1.807, 2.05) is 12.1 Å². The van der Waals surface area contributed by atoms with Crippen LogP contribution in [-0.2, 0) is 27.7 Å². The third kappa shape index (κ3) is 4.08. The molecule has 22 heavy (non-hydrogen) atoms. The highest BCUT2D eigenvalue weighted by Crippen LogP contribution is 2.25. The molecule has 0 atom stereocenters. The maximum absolute atomic E-state index is 12.4. The standard InChI is InChI=1S/C15H18N2O3S2/c1-2-3-11-4-6-12(7-5-11)22(19,20)17-13-8-9-21-14(13)10-15(16)18/h4-9,17H,2-3,10H2,1H3,(H2,16,18). The Bertz CT molecular complexity index is 749. The van der Waals surface area contributed by atoms with Crippen LogP contribution in [0.15, 0.2) is 40.6 Å². The third-order valence-electron chi connectivity index (χ3n) is 3.10. The van der Waals surface area contributed by atoms with Crippen LogP contribution in [0.5, 0.6) is 0 Å². The number of hydrogen-bond donors (Lipinski definition) is 2. The summed E-state index contributed by atoms with van der Waals surface area (Å²) in [7, 11) is -3.67. The zero-order valence-electron chi connectivity index (χ0n) is 12.2. The van der Waals surface area contributed by atoms with E-state index in [1.54, 1.807) is 23.6 Å². The zero-order valence-corrected chi connectivity index (χ0v) is 13.8. The van der Waals surface area contributed by atoms with E-state index in [9.17, 15) is 13.2 Å². The van der Waals surface area contributed by atoms with Crippen molar-refractivity contribution in [3.05, 3.63) is 46.2 Å². The van der Waals surface area contributed by atoms with Gasteiger partial charge in [-0.05, 0) is 35.6 Å². The summed E-state index contributed by atoms with van der Waals surface area (Å²) in [5, 5.41) is 1.72. The Morgan fingerprint density at radius 2 is 1.91 bits per heavy atom. The number of nitrogens with one attached hydrogen (secondary N) is 1. The molecule has 2 aromatic rings. The molecule has 118 valence electrons. The van der Waals surface area contributed by atoms with Gasteiger partial charge in [-0.2, -0.15) is 0 Å². The highest BCUT2D eigenvalue weighted by Gasteiger charge is 2.17. The van der Waals surface area contributed by atoms with Gasteiger partial charge in [0.2, 0.25) is 5.91 Å². The topological polar surface area (TPSA) is 89.3 Å². The van der Waals surface area contributed by atoms with Crippen LogP contribution in [0.2, 0.25) is 0 Å². The van der Waals surface area contributed by atoms with Gasteiger partial charge in [0.25, 0.3) is 10.0 Å². The molecule has 0 radical (unpaired) electrons. The normalized spacial score (nSPS) is 11.3. The minimum absolute atomic E-state index is 0.0188. The fourth-order valence-electron chi connectivity index (χ4n) is 2.05. The van der Waals surface area contributed by atoms with E-state index >= 15 is 0 Å². The summed E-state index contributed by atoms with van der Waals surface area (Å²) in [5.41, 5.74) is 6.67. The van der Waals surface area contributed by atoms with Gasteiger partial charge < -0.3 is 5.73 Å². The van der Waals surface area contributed by atoms with Crippen molar-refractivity contribution in [3.8, 4) is 0 Å². The van der Waals surface area contributed by atoms with E-state index in [0.29, 0.717) is 10.6 Å². The van der Waals surface area contributed by atoms with Gasteiger partial charge in [0.05, 0.1) is 17.0 Å². The summed E-state index contributed by atoms with van der Waals surface area (Å²) >= 11 is 1.30. The van der Waals surface area contributed by atoms with E-state index in [0.717, 1.165) is 18.4 Å². The van der Waals surface area contributed by atoms with Crippen molar-refractivity contribution in [2.75, 3.05) is 4.72 Å². The Kier molecular flexibility index (Phi) is 5.20. The van der Waals surface area contributed by atoms with Gasteiger partial charge in [-0.3, -0.25) is 9.52 Å². The minimum Gasteiger partial charge on any atom is -0.369 e. The molecule has 0 bridgehead atoms. The molecule has 1 aromatic carbocycles. The molecule has 1 aromatic heterocycles. The summed E-state index contributed by atoms with van der Waals surface area (Å²) in [5.74, 6) is -0.494. The highest BCUT2D eigenvalue weighted by molar-refractivity contribution is 7.92. The van der Waals surface area contributed by atoms with Gasteiger partial charge in [0.1, 0.15) is 0 Å². The van der Waals surface area contributed by atoms with Gasteiger partial charge in [0, 0.05) is 4.88 Å². The van der Waals surface area contributed by atoms with Crippen LogP contribution in [0.1, 0.15) is 23.8 Å². The van der Waals surface area contributed by atoms with Gasteiger partial charge in [-0.1, -0.05) is 25.5 Å². The monoisotopic (exact) mass is 338 g/mol. The van der Waals surface area contributed by atoms with Crippen LogP contribution in [-0.4, -0.2) is 14.3 Å². The number of carbonyl (C=O) groups is 1. The number of hydrogen-bond acceptors (Lipinski definition) is 4.